The van der Waals surface area contributed by atoms with Gasteiger partial charge in [0.25, 0.3) is 0 Å². The lowest BCUT2D eigenvalue weighted by Crippen LogP contribution is -2.45. The molecule has 126 valence electrons. The topological polar surface area (TPSA) is 62.3 Å². The number of hydrogen-bond acceptors (Lipinski definition) is 3. The number of carbonyl (C=O) groups excluding carboxylic acids is 2. The Morgan fingerprint density at radius 3 is 2.57 bits per heavy atom. The Kier molecular flexibility index (Phi) is 6.56. The summed E-state index contributed by atoms with van der Waals surface area (Å²) >= 11 is 0. The highest BCUT2D eigenvalue weighted by molar-refractivity contribution is 5.87. The summed E-state index contributed by atoms with van der Waals surface area (Å²) in [5, 5.41) is 2.85. The van der Waals surface area contributed by atoms with Gasteiger partial charge in [-0.15, -0.1) is 0 Å². The molecule has 23 heavy (non-hydrogen) atoms. The second kappa shape index (κ2) is 8.65. The molecular weight excluding hydrogens is 290 g/mol. The third-order valence-corrected chi connectivity index (χ3v) is 4.49. The van der Waals surface area contributed by atoms with E-state index in [-0.39, 0.29) is 11.8 Å². The zero-order valence-electron chi connectivity index (χ0n) is 14.1. The van der Waals surface area contributed by atoms with Gasteiger partial charge in [-0.3, -0.25) is 14.6 Å². The molecule has 1 aromatic rings. The Bertz CT molecular complexity index is 512. The molecule has 1 aromatic heterocycles. The van der Waals surface area contributed by atoms with Crippen LogP contribution in [0.3, 0.4) is 0 Å². The number of likely N-dealkylation sites (N-methyl/N-ethyl adjacent to an activating group) is 1. The molecule has 2 amide bonds. The summed E-state index contributed by atoms with van der Waals surface area (Å²) in [7, 11) is 1.76. The molecule has 0 saturated heterocycles. The predicted octanol–water partition coefficient (Wildman–Crippen LogP) is 2.52. The van der Waals surface area contributed by atoms with Crippen LogP contribution in [0.15, 0.2) is 24.5 Å². The van der Waals surface area contributed by atoms with Gasteiger partial charge in [-0.2, -0.15) is 0 Å². The van der Waals surface area contributed by atoms with Crippen LogP contribution in [-0.4, -0.2) is 34.8 Å². The average Bonchev–Trinajstić information content (AvgIpc) is 2.55. The molecule has 1 fully saturated rings. The van der Waals surface area contributed by atoms with Gasteiger partial charge in [-0.05, 0) is 43.4 Å². The van der Waals surface area contributed by atoms with Crippen molar-refractivity contribution < 1.29 is 9.59 Å². The Balaban J connectivity index is 1.78. The van der Waals surface area contributed by atoms with E-state index in [2.05, 4.69) is 10.3 Å². The van der Waals surface area contributed by atoms with E-state index in [9.17, 15) is 9.59 Å². The largest absolute Gasteiger partial charge is 0.345 e. The van der Waals surface area contributed by atoms with Gasteiger partial charge in [0.15, 0.2) is 0 Å². The third kappa shape index (κ3) is 5.66. The van der Waals surface area contributed by atoms with Crippen molar-refractivity contribution >= 4 is 11.8 Å². The molecule has 5 nitrogen and oxygen atoms in total. The van der Waals surface area contributed by atoms with Gasteiger partial charge in [0, 0.05) is 32.4 Å². The van der Waals surface area contributed by atoms with E-state index in [1.54, 1.807) is 31.3 Å². The summed E-state index contributed by atoms with van der Waals surface area (Å²) < 4.78 is 0. The van der Waals surface area contributed by atoms with Crippen molar-refractivity contribution in [1.29, 1.82) is 0 Å². The van der Waals surface area contributed by atoms with Crippen molar-refractivity contribution in [2.45, 2.75) is 58.0 Å². The first-order chi connectivity index (χ1) is 11.1. The Hall–Kier alpha value is -1.91. The molecular formula is C18H27N3O2. The molecule has 0 aromatic carbocycles. The minimum absolute atomic E-state index is 0.00457. The number of pyridine rings is 1. The highest BCUT2D eigenvalue weighted by atomic mass is 16.2. The van der Waals surface area contributed by atoms with Crippen molar-refractivity contribution in [3.63, 3.8) is 0 Å². The highest BCUT2D eigenvalue weighted by Crippen LogP contribution is 2.26. The van der Waals surface area contributed by atoms with Gasteiger partial charge in [0.1, 0.15) is 6.04 Å². The van der Waals surface area contributed by atoms with Crippen molar-refractivity contribution in [3.05, 3.63) is 30.1 Å². The molecule has 0 bridgehead atoms. The summed E-state index contributed by atoms with van der Waals surface area (Å²) in [6.45, 7) is 2.27. The van der Waals surface area contributed by atoms with Gasteiger partial charge in [0.05, 0.1) is 0 Å². The molecule has 5 heteroatoms. The van der Waals surface area contributed by atoms with Crippen LogP contribution >= 0.6 is 0 Å². The number of carbonyl (C=O) groups is 2. The van der Waals surface area contributed by atoms with Gasteiger partial charge in [-0.25, -0.2) is 0 Å². The number of rotatable bonds is 6. The number of aromatic nitrogens is 1. The maximum atomic E-state index is 12.4. The lowest BCUT2D eigenvalue weighted by atomic mass is 9.87. The second-order valence-corrected chi connectivity index (χ2v) is 6.55. The third-order valence-electron chi connectivity index (χ3n) is 4.49. The van der Waals surface area contributed by atoms with Gasteiger partial charge in [0.2, 0.25) is 11.8 Å². The first kappa shape index (κ1) is 17.4. The van der Waals surface area contributed by atoms with E-state index in [4.69, 9.17) is 0 Å². The molecule has 1 saturated carbocycles. The van der Waals surface area contributed by atoms with Crippen LogP contribution in [0, 0.1) is 5.92 Å². The maximum absolute atomic E-state index is 12.4. The molecule has 0 radical (unpaired) electrons. The number of hydrogen-bond donors (Lipinski definition) is 1. The van der Waals surface area contributed by atoms with E-state index < -0.39 is 6.04 Å². The lowest BCUT2D eigenvalue weighted by Gasteiger charge is -2.24. The van der Waals surface area contributed by atoms with Gasteiger partial charge < -0.3 is 10.2 Å². The Morgan fingerprint density at radius 2 is 1.91 bits per heavy atom. The van der Waals surface area contributed by atoms with E-state index in [0.717, 1.165) is 18.4 Å². The Labute approximate surface area is 138 Å². The van der Waals surface area contributed by atoms with Crippen molar-refractivity contribution in [2.24, 2.45) is 5.92 Å². The SMILES string of the molecule is CC(NC(=O)CC1CCCCC1)C(=O)N(C)Cc1ccncc1. The van der Waals surface area contributed by atoms with E-state index >= 15 is 0 Å². The van der Waals surface area contributed by atoms with Crippen LogP contribution in [0.25, 0.3) is 0 Å². The summed E-state index contributed by atoms with van der Waals surface area (Å²) in [5.41, 5.74) is 1.02. The fourth-order valence-electron chi connectivity index (χ4n) is 3.19. The predicted molar refractivity (Wildman–Crippen MR) is 89.5 cm³/mol. The lowest BCUT2D eigenvalue weighted by molar-refractivity contribution is -0.135. The number of amides is 2. The second-order valence-electron chi connectivity index (χ2n) is 6.55. The molecule has 1 unspecified atom stereocenters. The summed E-state index contributed by atoms with van der Waals surface area (Å²) in [5.74, 6) is 0.412. The quantitative estimate of drug-likeness (QED) is 0.877. The minimum atomic E-state index is -0.488. The van der Waals surface area contributed by atoms with Crippen molar-refractivity contribution in [2.75, 3.05) is 7.05 Å². The molecule has 1 aliphatic rings. The smallest absolute Gasteiger partial charge is 0.244 e. The summed E-state index contributed by atoms with van der Waals surface area (Å²) in [6, 6.07) is 3.28. The molecule has 0 spiro atoms. The standard InChI is InChI=1S/C18H27N3O2/c1-14(20-17(22)12-15-6-4-3-5-7-15)18(23)21(2)13-16-8-10-19-11-9-16/h8-11,14-15H,3-7,12-13H2,1-2H3,(H,20,22). The molecule has 2 rings (SSSR count). The first-order valence-corrected chi connectivity index (χ1v) is 8.49. The Morgan fingerprint density at radius 1 is 1.26 bits per heavy atom. The van der Waals surface area contributed by atoms with Crippen LogP contribution in [0.4, 0.5) is 0 Å². The van der Waals surface area contributed by atoms with Crippen LogP contribution in [0.5, 0.6) is 0 Å². The molecule has 1 heterocycles. The van der Waals surface area contributed by atoms with E-state index in [1.807, 2.05) is 12.1 Å². The molecule has 1 aliphatic carbocycles. The summed E-state index contributed by atoms with van der Waals surface area (Å²) in [4.78, 5) is 30.1. The maximum Gasteiger partial charge on any atom is 0.244 e. The number of nitrogens with zero attached hydrogens (tertiary/aromatic N) is 2. The average molecular weight is 317 g/mol. The molecule has 1 N–H and O–H groups in total. The van der Waals surface area contributed by atoms with E-state index in [1.165, 1.54) is 19.3 Å². The molecule has 1 atom stereocenters. The van der Waals surface area contributed by atoms with E-state index in [0.29, 0.717) is 18.9 Å². The van der Waals surface area contributed by atoms with Crippen LogP contribution in [0.1, 0.15) is 51.0 Å². The molecule has 0 aliphatic heterocycles. The zero-order valence-corrected chi connectivity index (χ0v) is 14.1. The number of nitrogens with one attached hydrogen (secondary N) is 1. The van der Waals surface area contributed by atoms with Crippen LogP contribution < -0.4 is 5.32 Å². The minimum Gasteiger partial charge on any atom is -0.345 e. The van der Waals surface area contributed by atoms with Gasteiger partial charge >= 0.3 is 0 Å². The monoisotopic (exact) mass is 317 g/mol. The fourth-order valence-corrected chi connectivity index (χ4v) is 3.19. The van der Waals surface area contributed by atoms with Gasteiger partial charge in [-0.1, -0.05) is 19.3 Å². The normalized spacial score (nSPS) is 16.6. The first-order valence-electron chi connectivity index (χ1n) is 8.49. The van der Waals surface area contributed by atoms with Crippen molar-refractivity contribution in [1.82, 2.24) is 15.2 Å². The highest BCUT2D eigenvalue weighted by Gasteiger charge is 2.22. The zero-order chi connectivity index (χ0) is 16.7. The van der Waals surface area contributed by atoms with Crippen LogP contribution in [0.2, 0.25) is 0 Å². The summed E-state index contributed by atoms with van der Waals surface area (Å²) in [6.07, 6.45) is 9.97. The van der Waals surface area contributed by atoms with Crippen LogP contribution in [-0.2, 0) is 16.1 Å². The fraction of sp³-hybridized carbons (Fsp3) is 0.611. The van der Waals surface area contributed by atoms with Crippen molar-refractivity contribution in [3.8, 4) is 0 Å².